The van der Waals surface area contributed by atoms with Crippen molar-refractivity contribution in [1.82, 2.24) is 3.97 Å². The van der Waals surface area contributed by atoms with Crippen LogP contribution in [0.2, 0.25) is 18.1 Å². The molecule has 0 aliphatic heterocycles. The highest BCUT2D eigenvalue weighted by atomic mass is 32.2. The van der Waals surface area contributed by atoms with Crippen LogP contribution in [0.1, 0.15) is 94.5 Å². The molecule has 10 heteroatoms. The Kier molecular flexibility index (Phi) is 7.37. The van der Waals surface area contributed by atoms with Gasteiger partial charge < -0.3 is 14.8 Å². The first-order valence-electron chi connectivity index (χ1n) is 13.7. The lowest BCUT2D eigenvalue weighted by Crippen LogP contribution is -2.60. The van der Waals surface area contributed by atoms with E-state index in [4.69, 9.17) is 9.20 Å². The van der Waals surface area contributed by atoms with Crippen molar-refractivity contribution in [3.8, 4) is 6.07 Å². The van der Waals surface area contributed by atoms with E-state index in [0.29, 0.717) is 22.7 Å². The Balaban J connectivity index is 1.85. The van der Waals surface area contributed by atoms with Gasteiger partial charge in [0.25, 0.3) is 0 Å². The monoisotopic (exact) mass is 570 g/mol. The lowest BCUT2D eigenvalue weighted by Gasteiger charge is -2.45. The van der Waals surface area contributed by atoms with E-state index in [0.717, 1.165) is 48.8 Å². The highest BCUT2D eigenvalue weighted by Crippen LogP contribution is 2.48. The number of furan rings is 1. The van der Waals surface area contributed by atoms with E-state index < -0.39 is 34.8 Å². The smallest absolute Gasteiger partial charge is 0.326 e. The van der Waals surface area contributed by atoms with Crippen LogP contribution < -0.4 is 5.32 Å². The first kappa shape index (κ1) is 29.4. The number of aliphatic hydroxyl groups is 1. The molecule has 39 heavy (non-hydrogen) atoms. The van der Waals surface area contributed by atoms with Crippen molar-refractivity contribution >= 4 is 29.9 Å². The average Bonchev–Trinajstić information content (AvgIpc) is 3.30. The van der Waals surface area contributed by atoms with Gasteiger partial charge in [-0.2, -0.15) is 5.26 Å². The van der Waals surface area contributed by atoms with Crippen molar-refractivity contribution in [2.24, 2.45) is 5.92 Å². The third-order valence-electron chi connectivity index (χ3n) is 8.94. The molecule has 2 aliphatic carbocycles. The Morgan fingerprint density at radius 3 is 2.36 bits per heavy atom. The maximum absolute atomic E-state index is 14.4. The molecule has 0 saturated heterocycles. The van der Waals surface area contributed by atoms with Crippen LogP contribution >= 0.6 is 0 Å². The second kappa shape index (κ2) is 9.79. The van der Waals surface area contributed by atoms with Crippen LogP contribution in [0.4, 0.5) is 10.5 Å². The lowest BCUT2D eigenvalue weighted by atomic mass is 9.88. The fourth-order valence-corrected chi connectivity index (χ4v) is 11.0. The zero-order valence-electron chi connectivity index (χ0n) is 24.4. The van der Waals surface area contributed by atoms with Crippen LogP contribution in [0.15, 0.2) is 27.9 Å². The summed E-state index contributed by atoms with van der Waals surface area (Å²) in [6.45, 7) is 15.2. The van der Waals surface area contributed by atoms with Gasteiger partial charge in [0.15, 0.2) is 18.2 Å². The lowest BCUT2D eigenvalue weighted by molar-refractivity contribution is 0.0779. The number of fused-ring (bicyclic) bond motifs is 1. The molecule has 2 atom stereocenters. The van der Waals surface area contributed by atoms with Gasteiger partial charge in [0, 0.05) is 17.3 Å². The number of anilines is 1. The molecular weight excluding hydrogens is 528 g/mol. The van der Waals surface area contributed by atoms with E-state index in [1.54, 1.807) is 13.8 Å². The predicted molar refractivity (Wildman–Crippen MR) is 155 cm³/mol. The van der Waals surface area contributed by atoms with Crippen LogP contribution in [-0.2, 0) is 28.4 Å². The molecule has 1 saturated carbocycles. The van der Waals surface area contributed by atoms with E-state index in [1.807, 2.05) is 39.9 Å². The predicted octanol–water partition coefficient (Wildman–Crippen LogP) is 7.24. The van der Waals surface area contributed by atoms with Crippen LogP contribution in [0.3, 0.4) is 0 Å². The van der Waals surface area contributed by atoms with E-state index in [9.17, 15) is 19.4 Å². The number of nitriles is 1. The van der Waals surface area contributed by atoms with Gasteiger partial charge in [-0.15, -0.1) is 0 Å². The summed E-state index contributed by atoms with van der Waals surface area (Å²) in [6, 6.07) is 5.12. The van der Waals surface area contributed by atoms with Crippen molar-refractivity contribution in [3.05, 3.63) is 46.2 Å². The molecule has 4 rings (SSSR count). The Bertz CT molecular complexity index is 1440. The van der Waals surface area contributed by atoms with Gasteiger partial charge in [-0.1, -0.05) is 27.7 Å². The van der Waals surface area contributed by atoms with E-state index >= 15 is 0 Å². The van der Waals surface area contributed by atoms with Gasteiger partial charge in [0.1, 0.15) is 0 Å². The third kappa shape index (κ3) is 5.29. The number of urea groups is 1. The van der Waals surface area contributed by atoms with Crippen molar-refractivity contribution < 1.29 is 18.5 Å². The quantitative estimate of drug-likeness (QED) is 0.302. The highest BCUT2D eigenvalue weighted by molar-refractivity contribution is 7.92. The number of nitrogens with zero attached hydrogens (tertiary/aromatic N) is 2. The summed E-state index contributed by atoms with van der Waals surface area (Å²) >= 11 is 0. The van der Waals surface area contributed by atoms with Gasteiger partial charge in [-0.3, -0.25) is 3.97 Å². The number of hydrogen-bond acceptors (Lipinski definition) is 6. The standard InChI is InChI=1S/C29H42N4O4SSi/c1-18(19-12-13-19)24-14-20(16-30)22-10-9-11-23(22)26(24)32-27(34)33(39(7,8)28(2,3)4)38(31,36)25-15-21(17-37-25)29(5,6)35/h14-15,17-19,31,35H,9-13H2,1-8H3,(H,32,34). The molecule has 2 amide bonds. The molecule has 1 aromatic carbocycles. The van der Waals surface area contributed by atoms with Gasteiger partial charge in [-0.05, 0) is 98.7 Å². The molecule has 2 aliphatic rings. The normalized spacial score (nSPS) is 18.2. The van der Waals surface area contributed by atoms with Crippen LogP contribution in [0.5, 0.6) is 0 Å². The molecule has 8 nitrogen and oxygen atoms in total. The van der Waals surface area contributed by atoms with Crippen molar-refractivity contribution in [3.63, 3.8) is 0 Å². The van der Waals surface area contributed by atoms with E-state index in [1.165, 1.54) is 16.3 Å². The summed E-state index contributed by atoms with van der Waals surface area (Å²) in [5, 5.41) is 22.9. The highest BCUT2D eigenvalue weighted by Gasteiger charge is 2.50. The maximum Gasteiger partial charge on any atom is 0.326 e. The summed E-state index contributed by atoms with van der Waals surface area (Å²) in [5.41, 5.74) is 3.42. The van der Waals surface area contributed by atoms with Gasteiger partial charge in [0.05, 0.1) is 23.5 Å². The fourth-order valence-electron chi connectivity index (χ4n) is 5.29. The van der Waals surface area contributed by atoms with Crippen LogP contribution in [-0.4, -0.2) is 27.6 Å². The molecule has 0 spiro atoms. The van der Waals surface area contributed by atoms with Gasteiger partial charge in [-0.25, -0.2) is 13.8 Å². The van der Waals surface area contributed by atoms with E-state index in [-0.39, 0.29) is 11.0 Å². The molecule has 1 aromatic heterocycles. The third-order valence-corrected chi connectivity index (χ3v) is 17.4. The maximum atomic E-state index is 14.4. The SMILES string of the molecule is CC(c1cc(C#N)c2c(c1NC(=O)N([Si](C)(C)C(C)(C)C)S(=N)(=O)c1cc(C(C)(C)O)co1)CCC2)C1CC1. The van der Waals surface area contributed by atoms with Gasteiger partial charge in [0.2, 0.25) is 5.09 Å². The molecule has 2 unspecified atom stereocenters. The molecule has 1 fully saturated rings. The second-order valence-corrected chi connectivity index (χ2v) is 20.4. The number of amides is 2. The molecule has 212 valence electrons. The van der Waals surface area contributed by atoms with Crippen molar-refractivity contribution in [2.45, 2.75) is 108 Å². The topological polar surface area (TPSA) is 130 Å². The largest absolute Gasteiger partial charge is 0.452 e. The molecule has 2 aromatic rings. The zero-order valence-corrected chi connectivity index (χ0v) is 26.2. The number of carbonyl (C=O) groups excluding carboxylic acids is 1. The Labute approximate surface area is 234 Å². The summed E-state index contributed by atoms with van der Waals surface area (Å²) in [6.07, 6.45) is 5.98. The minimum absolute atomic E-state index is 0.156. The summed E-state index contributed by atoms with van der Waals surface area (Å²) < 4.78 is 30.3. The minimum Gasteiger partial charge on any atom is -0.452 e. The zero-order chi connectivity index (χ0) is 29.1. The van der Waals surface area contributed by atoms with Crippen molar-refractivity contribution in [2.75, 3.05) is 5.32 Å². The summed E-state index contributed by atoms with van der Waals surface area (Å²) in [4.78, 5) is 14.3. The minimum atomic E-state index is -3.91. The first-order chi connectivity index (χ1) is 17.9. The molecule has 3 N–H and O–H groups in total. The average molecular weight is 571 g/mol. The Morgan fingerprint density at radius 2 is 1.85 bits per heavy atom. The van der Waals surface area contributed by atoms with Crippen LogP contribution in [0.25, 0.3) is 0 Å². The fraction of sp³-hybridized carbons (Fsp3) is 0.586. The molecule has 1 heterocycles. The molecular formula is C29H42N4O4SSi. The Morgan fingerprint density at radius 1 is 1.23 bits per heavy atom. The summed E-state index contributed by atoms with van der Waals surface area (Å²) in [7, 11) is -6.83. The second-order valence-electron chi connectivity index (χ2n) is 13.2. The first-order valence-corrected chi connectivity index (χ1v) is 18.2. The number of nitrogens with one attached hydrogen (secondary N) is 2. The molecule has 0 radical (unpaired) electrons. The van der Waals surface area contributed by atoms with Crippen molar-refractivity contribution in [1.29, 1.82) is 10.0 Å². The van der Waals surface area contributed by atoms with E-state index in [2.05, 4.69) is 18.3 Å². The summed E-state index contributed by atoms with van der Waals surface area (Å²) in [5.74, 6) is 0.673. The number of benzene rings is 1. The van der Waals surface area contributed by atoms with Gasteiger partial charge >= 0.3 is 6.03 Å². The molecule has 0 bridgehead atoms. The number of hydrogen-bond donors (Lipinski definition) is 3. The number of rotatable bonds is 7. The number of carbonyl (C=O) groups is 1. The Hall–Kier alpha value is -2.61. The van der Waals surface area contributed by atoms with Crippen LogP contribution in [0, 0.1) is 22.0 Å².